The zero-order valence-electron chi connectivity index (χ0n) is 10.6. The molecule has 0 saturated heterocycles. The van der Waals surface area contributed by atoms with Gasteiger partial charge in [0.2, 0.25) is 0 Å². The van der Waals surface area contributed by atoms with Gasteiger partial charge >= 0.3 is 12.0 Å². The molecule has 7 heteroatoms. The minimum atomic E-state index is -0.959. The van der Waals surface area contributed by atoms with Crippen molar-refractivity contribution in [3.8, 4) is 0 Å². The average Bonchev–Trinajstić information content (AvgIpc) is 2.23. The SMILES string of the molecule is O=C(O)CC1(NC(=O)Nc2cc(F)cc(Cl)c2)CCC1. The molecule has 0 unspecified atom stereocenters. The lowest BCUT2D eigenvalue weighted by molar-refractivity contribution is -0.139. The Morgan fingerprint density at radius 2 is 2.05 bits per heavy atom. The molecule has 5 nitrogen and oxygen atoms in total. The van der Waals surface area contributed by atoms with Crippen LogP contribution in [-0.2, 0) is 4.79 Å². The van der Waals surface area contributed by atoms with E-state index in [1.54, 1.807) is 0 Å². The first-order valence-electron chi connectivity index (χ1n) is 6.16. The van der Waals surface area contributed by atoms with Crippen LogP contribution in [0.25, 0.3) is 0 Å². The molecule has 20 heavy (non-hydrogen) atoms. The number of urea groups is 1. The van der Waals surface area contributed by atoms with E-state index in [0.717, 1.165) is 18.6 Å². The molecule has 1 aliphatic rings. The first-order chi connectivity index (χ1) is 9.38. The third kappa shape index (κ3) is 3.60. The van der Waals surface area contributed by atoms with Crippen molar-refractivity contribution in [2.24, 2.45) is 0 Å². The van der Waals surface area contributed by atoms with Crippen LogP contribution < -0.4 is 10.6 Å². The van der Waals surface area contributed by atoms with E-state index in [9.17, 15) is 14.0 Å². The highest BCUT2D eigenvalue weighted by atomic mass is 35.5. The van der Waals surface area contributed by atoms with Crippen LogP contribution in [0, 0.1) is 5.82 Å². The minimum absolute atomic E-state index is 0.121. The summed E-state index contributed by atoms with van der Waals surface area (Å²) >= 11 is 5.68. The maximum atomic E-state index is 13.1. The Bertz CT molecular complexity index is 526. The molecule has 0 heterocycles. The second-order valence-corrected chi connectivity index (χ2v) is 5.38. The molecule has 0 aromatic heterocycles. The second-order valence-electron chi connectivity index (χ2n) is 4.94. The molecule has 1 saturated carbocycles. The third-order valence-electron chi connectivity index (χ3n) is 3.30. The van der Waals surface area contributed by atoms with Gasteiger partial charge in [-0.2, -0.15) is 0 Å². The maximum Gasteiger partial charge on any atom is 0.319 e. The van der Waals surface area contributed by atoms with Crippen LogP contribution in [0.5, 0.6) is 0 Å². The summed E-state index contributed by atoms with van der Waals surface area (Å²) in [6, 6.07) is 3.11. The number of carboxylic acids is 1. The number of hydrogen-bond acceptors (Lipinski definition) is 2. The van der Waals surface area contributed by atoms with E-state index in [-0.39, 0.29) is 17.1 Å². The number of carbonyl (C=O) groups is 2. The Kier molecular flexibility index (Phi) is 4.13. The highest BCUT2D eigenvalue weighted by Crippen LogP contribution is 2.35. The Morgan fingerprint density at radius 1 is 1.35 bits per heavy atom. The number of rotatable bonds is 4. The van der Waals surface area contributed by atoms with Crippen LogP contribution >= 0.6 is 11.6 Å². The number of nitrogens with one attached hydrogen (secondary N) is 2. The van der Waals surface area contributed by atoms with Crippen LogP contribution in [0.2, 0.25) is 5.02 Å². The lowest BCUT2D eigenvalue weighted by Gasteiger charge is -2.41. The average molecular weight is 301 g/mol. The Balaban J connectivity index is 1.99. The van der Waals surface area contributed by atoms with Crippen molar-refractivity contribution in [2.75, 3.05) is 5.32 Å². The number of anilines is 1. The Labute approximate surface area is 120 Å². The first-order valence-corrected chi connectivity index (χ1v) is 6.53. The van der Waals surface area contributed by atoms with Gasteiger partial charge < -0.3 is 15.7 Å². The van der Waals surface area contributed by atoms with Crippen LogP contribution in [0.15, 0.2) is 18.2 Å². The molecule has 0 atom stereocenters. The second kappa shape index (κ2) is 5.66. The zero-order chi connectivity index (χ0) is 14.8. The van der Waals surface area contributed by atoms with Crippen molar-refractivity contribution in [3.05, 3.63) is 29.0 Å². The molecular weight excluding hydrogens is 287 g/mol. The molecule has 0 aliphatic heterocycles. The number of carbonyl (C=O) groups excluding carboxylic acids is 1. The van der Waals surface area contributed by atoms with Crippen molar-refractivity contribution >= 4 is 29.3 Å². The van der Waals surface area contributed by atoms with Gasteiger partial charge in [-0.05, 0) is 37.5 Å². The monoisotopic (exact) mass is 300 g/mol. The molecule has 0 bridgehead atoms. The van der Waals surface area contributed by atoms with Crippen molar-refractivity contribution < 1.29 is 19.1 Å². The van der Waals surface area contributed by atoms with Gasteiger partial charge in [-0.1, -0.05) is 11.6 Å². The van der Waals surface area contributed by atoms with E-state index in [1.165, 1.54) is 6.07 Å². The van der Waals surface area contributed by atoms with Crippen molar-refractivity contribution in [1.82, 2.24) is 5.32 Å². The number of hydrogen-bond donors (Lipinski definition) is 3. The molecule has 1 fully saturated rings. The van der Waals surface area contributed by atoms with Gasteiger partial charge in [0.25, 0.3) is 0 Å². The topological polar surface area (TPSA) is 78.4 Å². The molecule has 1 aromatic rings. The minimum Gasteiger partial charge on any atom is -0.481 e. The summed E-state index contributed by atoms with van der Waals surface area (Å²) in [7, 11) is 0. The number of benzene rings is 1. The van der Waals surface area contributed by atoms with Gasteiger partial charge in [0, 0.05) is 10.7 Å². The molecular formula is C13H14ClFN2O3. The van der Waals surface area contributed by atoms with Gasteiger partial charge in [0.15, 0.2) is 0 Å². The lowest BCUT2D eigenvalue weighted by atomic mass is 9.74. The van der Waals surface area contributed by atoms with Crippen LogP contribution in [0.4, 0.5) is 14.9 Å². The lowest BCUT2D eigenvalue weighted by Crippen LogP contribution is -2.55. The molecule has 0 spiro atoms. The third-order valence-corrected chi connectivity index (χ3v) is 3.52. The summed E-state index contributed by atoms with van der Waals surface area (Å²) in [6.45, 7) is 0. The van der Waals surface area contributed by atoms with Crippen molar-refractivity contribution in [2.45, 2.75) is 31.2 Å². The molecule has 2 rings (SSSR count). The van der Waals surface area contributed by atoms with E-state index >= 15 is 0 Å². The quantitative estimate of drug-likeness (QED) is 0.800. The molecule has 2 amide bonds. The smallest absolute Gasteiger partial charge is 0.319 e. The van der Waals surface area contributed by atoms with E-state index in [2.05, 4.69) is 10.6 Å². The summed E-state index contributed by atoms with van der Waals surface area (Å²) in [5.41, 5.74) is -0.482. The van der Waals surface area contributed by atoms with E-state index in [0.29, 0.717) is 12.8 Å². The molecule has 1 aromatic carbocycles. The number of halogens is 2. The summed E-state index contributed by atoms with van der Waals surface area (Å²) in [5.74, 6) is -1.52. The van der Waals surface area contributed by atoms with Gasteiger partial charge in [0.05, 0.1) is 12.0 Å². The van der Waals surface area contributed by atoms with Crippen LogP contribution in [0.1, 0.15) is 25.7 Å². The molecule has 3 N–H and O–H groups in total. The fraction of sp³-hybridized carbons (Fsp3) is 0.385. The highest BCUT2D eigenvalue weighted by molar-refractivity contribution is 6.30. The van der Waals surface area contributed by atoms with E-state index < -0.39 is 23.4 Å². The van der Waals surface area contributed by atoms with Gasteiger partial charge in [-0.25, -0.2) is 9.18 Å². The van der Waals surface area contributed by atoms with Crippen molar-refractivity contribution in [1.29, 1.82) is 0 Å². The standard InChI is InChI=1S/C13H14ClFN2O3/c14-8-4-9(15)6-10(5-8)16-12(20)17-13(2-1-3-13)7-11(18)19/h4-6H,1-3,7H2,(H,18,19)(H2,16,17,20). The normalized spacial score (nSPS) is 16.1. The predicted molar refractivity (Wildman–Crippen MR) is 72.4 cm³/mol. The van der Waals surface area contributed by atoms with E-state index in [1.807, 2.05) is 0 Å². The highest BCUT2D eigenvalue weighted by Gasteiger charge is 2.40. The van der Waals surface area contributed by atoms with Gasteiger partial charge in [0.1, 0.15) is 5.82 Å². The Hall–Kier alpha value is -1.82. The first kappa shape index (κ1) is 14.6. The summed E-state index contributed by atoms with van der Waals surface area (Å²) in [5, 5.41) is 14.1. The fourth-order valence-electron chi connectivity index (χ4n) is 2.27. The van der Waals surface area contributed by atoms with Crippen LogP contribution in [0.3, 0.4) is 0 Å². The molecule has 108 valence electrons. The van der Waals surface area contributed by atoms with Gasteiger partial charge in [-0.3, -0.25) is 4.79 Å². The van der Waals surface area contributed by atoms with Crippen molar-refractivity contribution in [3.63, 3.8) is 0 Å². The number of aliphatic carboxylic acids is 1. The molecule has 0 radical (unpaired) electrons. The largest absolute Gasteiger partial charge is 0.481 e. The zero-order valence-corrected chi connectivity index (χ0v) is 11.3. The molecule has 1 aliphatic carbocycles. The summed E-state index contributed by atoms with van der Waals surface area (Å²) < 4.78 is 13.1. The van der Waals surface area contributed by atoms with E-state index in [4.69, 9.17) is 16.7 Å². The number of amides is 2. The van der Waals surface area contributed by atoms with Gasteiger partial charge in [-0.15, -0.1) is 0 Å². The van der Waals surface area contributed by atoms with Crippen LogP contribution in [-0.4, -0.2) is 22.6 Å². The predicted octanol–water partition coefficient (Wildman–Crippen LogP) is 3.00. The maximum absolute atomic E-state index is 13.1. The summed E-state index contributed by atoms with van der Waals surface area (Å²) in [4.78, 5) is 22.6. The Morgan fingerprint density at radius 3 is 2.55 bits per heavy atom. The fourth-order valence-corrected chi connectivity index (χ4v) is 2.49. The summed E-state index contributed by atoms with van der Waals surface area (Å²) in [6.07, 6.45) is 2.00. The number of carboxylic acid groups (broad SMARTS) is 1.